The molecule has 0 saturated heterocycles. The Morgan fingerprint density at radius 3 is 2.66 bits per heavy atom. The quantitative estimate of drug-likeness (QED) is 0.277. The molecule has 0 spiro atoms. The molecule has 2 N–H and O–H groups in total. The second-order valence-corrected chi connectivity index (χ2v) is 9.43. The van der Waals surface area contributed by atoms with Crippen molar-refractivity contribution in [1.82, 2.24) is 15.0 Å². The van der Waals surface area contributed by atoms with Crippen LogP contribution in [0, 0.1) is 13.8 Å². The lowest BCUT2D eigenvalue weighted by atomic mass is 10.2. The van der Waals surface area contributed by atoms with Crippen LogP contribution in [-0.4, -0.2) is 26.6 Å². The van der Waals surface area contributed by atoms with Crippen LogP contribution in [0.3, 0.4) is 0 Å². The summed E-state index contributed by atoms with van der Waals surface area (Å²) in [5.41, 5.74) is 3.62. The predicted octanol–water partition coefficient (Wildman–Crippen LogP) is 5.56. The maximum atomic E-state index is 12.4. The van der Waals surface area contributed by atoms with Gasteiger partial charge in [-0.1, -0.05) is 59.8 Å². The molecule has 4 rings (SSSR count). The summed E-state index contributed by atoms with van der Waals surface area (Å²) in [5.74, 6) is -0.165. The second kappa shape index (κ2) is 9.68. The third-order valence-corrected chi connectivity index (χ3v) is 6.92. The standard InChI is InChI=1S/C23H19ClN4O2S2/c1-13-8-9-17(16(24)10-13)26-20(30)12-31-23-27-18(11-19(29)28-23)21-14(2)25-22(32-21)15-6-4-3-5-7-15/h3-11H,12H2,1-2H3,(H,26,30)(H,27,28,29). The molecule has 4 aromatic rings. The van der Waals surface area contributed by atoms with Crippen molar-refractivity contribution in [2.75, 3.05) is 11.1 Å². The molecule has 6 nitrogen and oxygen atoms in total. The third kappa shape index (κ3) is 5.27. The topological polar surface area (TPSA) is 87.7 Å². The van der Waals surface area contributed by atoms with Gasteiger partial charge >= 0.3 is 0 Å². The fraction of sp³-hybridized carbons (Fsp3) is 0.130. The molecule has 0 aliphatic rings. The van der Waals surface area contributed by atoms with Gasteiger partial charge < -0.3 is 10.3 Å². The van der Waals surface area contributed by atoms with Crippen molar-refractivity contribution in [2.45, 2.75) is 19.0 Å². The number of carbonyl (C=O) groups is 1. The summed E-state index contributed by atoms with van der Waals surface area (Å²) in [5, 5.41) is 4.49. The lowest BCUT2D eigenvalue weighted by Crippen LogP contribution is -2.15. The molecule has 0 aliphatic heterocycles. The van der Waals surface area contributed by atoms with Gasteiger partial charge in [0.2, 0.25) is 5.91 Å². The van der Waals surface area contributed by atoms with Crippen LogP contribution in [0.1, 0.15) is 11.3 Å². The minimum absolute atomic E-state index is 0.0769. The predicted molar refractivity (Wildman–Crippen MR) is 132 cm³/mol. The summed E-state index contributed by atoms with van der Waals surface area (Å²) in [6.07, 6.45) is 0. The molecule has 2 heterocycles. The van der Waals surface area contributed by atoms with Crippen LogP contribution in [0.5, 0.6) is 0 Å². The molecule has 32 heavy (non-hydrogen) atoms. The van der Waals surface area contributed by atoms with Crippen molar-refractivity contribution in [3.05, 3.63) is 81.2 Å². The molecular weight excluding hydrogens is 464 g/mol. The molecule has 9 heteroatoms. The number of nitrogens with one attached hydrogen (secondary N) is 2. The Balaban J connectivity index is 1.50. The zero-order valence-corrected chi connectivity index (χ0v) is 19.7. The molecule has 2 aromatic carbocycles. The first kappa shape index (κ1) is 22.3. The Bertz CT molecular complexity index is 1340. The first-order valence-corrected chi connectivity index (χ1v) is 11.9. The Morgan fingerprint density at radius 1 is 1.12 bits per heavy atom. The van der Waals surface area contributed by atoms with E-state index in [9.17, 15) is 9.59 Å². The summed E-state index contributed by atoms with van der Waals surface area (Å²) in [7, 11) is 0. The molecule has 0 radical (unpaired) electrons. The lowest BCUT2D eigenvalue weighted by molar-refractivity contribution is -0.113. The van der Waals surface area contributed by atoms with Crippen LogP contribution < -0.4 is 10.9 Å². The first-order valence-electron chi connectivity index (χ1n) is 9.72. The number of nitrogens with zero attached hydrogens (tertiary/aromatic N) is 2. The van der Waals surface area contributed by atoms with Crippen molar-refractivity contribution in [1.29, 1.82) is 0 Å². The van der Waals surface area contributed by atoms with Crippen molar-refractivity contribution in [3.8, 4) is 21.1 Å². The Hall–Kier alpha value is -2.94. The highest BCUT2D eigenvalue weighted by molar-refractivity contribution is 7.99. The van der Waals surface area contributed by atoms with E-state index in [0.717, 1.165) is 38.5 Å². The van der Waals surface area contributed by atoms with Gasteiger partial charge in [0.15, 0.2) is 5.16 Å². The zero-order valence-electron chi connectivity index (χ0n) is 17.3. The fourth-order valence-electron chi connectivity index (χ4n) is 3.00. The van der Waals surface area contributed by atoms with Gasteiger partial charge in [0.1, 0.15) is 5.01 Å². The van der Waals surface area contributed by atoms with E-state index in [2.05, 4.69) is 20.3 Å². The number of thioether (sulfide) groups is 1. The maximum absolute atomic E-state index is 12.4. The maximum Gasteiger partial charge on any atom is 0.252 e. The normalized spacial score (nSPS) is 10.8. The number of rotatable bonds is 6. The number of aromatic amines is 1. The number of aromatic nitrogens is 3. The van der Waals surface area contributed by atoms with E-state index in [-0.39, 0.29) is 17.2 Å². The number of hydrogen-bond acceptors (Lipinski definition) is 6. The SMILES string of the molecule is Cc1ccc(NC(=O)CSc2nc(-c3sc(-c4ccccc4)nc3C)cc(=O)[nH]2)c(Cl)c1. The summed E-state index contributed by atoms with van der Waals surface area (Å²) in [6, 6.07) is 16.7. The van der Waals surface area contributed by atoms with E-state index in [4.69, 9.17) is 11.6 Å². The number of H-pyrrole nitrogens is 1. The van der Waals surface area contributed by atoms with E-state index in [1.807, 2.05) is 50.2 Å². The van der Waals surface area contributed by atoms with Gasteiger partial charge in [-0.25, -0.2) is 9.97 Å². The zero-order chi connectivity index (χ0) is 22.7. The van der Waals surface area contributed by atoms with Gasteiger partial charge in [0, 0.05) is 11.6 Å². The summed E-state index contributed by atoms with van der Waals surface area (Å²) in [6.45, 7) is 3.82. The van der Waals surface area contributed by atoms with Crippen LogP contribution in [0.25, 0.3) is 21.1 Å². The molecule has 162 valence electrons. The van der Waals surface area contributed by atoms with Crippen molar-refractivity contribution < 1.29 is 4.79 Å². The first-order chi connectivity index (χ1) is 15.4. The van der Waals surface area contributed by atoms with Crippen LogP contribution in [0.15, 0.2) is 64.5 Å². The lowest BCUT2D eigenvalue weighted by Gasteiger charge is -2.08. The van der Waals surface area contributed by atoms with Gasteiger partial charge in [-0.3, -0.25) is 9.59 Å². The number of anilines is 1. The number of benzene rings is 2. The van der Waals surface area contributed by atoms with Crippen molar-refractivity contribution in [2.24, 2.45) is 0 Å². The van der Waals surface area contributed by atoms with Gasteiger partial charge in [-0.2, -0.15) is 0 Å². The molecule has 0 bridgehead atoms. The van der Waals surface area contributed by atoms with Crippen molar-refractivity contribution >= 4 is 46.3 Å². The molecule has 0 saturated carbocycles. The van der Waals surface area contributed by atoms with Crippen LogP contribution in [0.2, 0.25) is 5.02 Å². The highest BCUT2D eigenvalue weighted by Crippen LogP contribution is 2.34. The van der Waals surface area contributed by atoms with Gasteiger partial charge in [-0.15, -0.1) is 11.3 Å². The molecule has 0 unspecified atom stereocenters. The van der Waals surface area contributed by atoms with Crippen LogP contribution in [-0.2, 0) is 4.79 Å². The second-order valence-electron chi connectivity index (χ2n) is 7.06. The Kier molecular flexibility index (Phi) is 6.74. The Labute approximate surface area is 198 Å². The van der Waals surface area contributed by atoms with Crippen LogP contribution in [0.4, 0.5) is 5.69 Å². The van der Waals surface area contributed by atoms with Crippen molar-refractivity contribution in [3.63, 3.8) is 0 Å². The number of hydrogen-bond donors (Lipinski definition) is 2. The van der Waals surface area contributed by atoms with E-state index in [1.165, 1.54) is 17.4 Å². The Morgan fingerprint density at radius 2 is 1.91 bits per heavy atom. The van der Waals surface area contributed by atoms with E-state index < -0.39 is 0 Å². The van der Waals surface area contributed by atoms with Gasteiger partial charge in [0.05, 0.1) is 32.7 Å². The number of carbonyl (C=O) groups excluding carboxylic acids is 1. The molecule has 2 aromatic heterocycles. The summed E-state index contributed by atoms with van der Waals surface area (Å²) < 4.78 is 0. The fourth-order valence-corrected chi connectivity index (χ4v) is 4.99. The largest absolute Gasteiger partial charge is 0.324 e. The minimum atomic E-state index is -0.284. The number of halogens is 1. The smallest absolute Gasteiger partial charge is 0.252 e. The summed E-state index contributed by atoms with van der Waals surface area (Å²) in [4.78, 5) is 37.3. The highest BCUT2D eigenvalue weighted by atomic mass is 35.5. The van der Waals surface area contributed by atoms with Gasteiger partial charge in [0.25, 0.3) is 5.56 Å². The minimum Gasteiger partial charge on any atom is -0.324 e. The molecule has 0 atom stereocenters. The molecule has 1 amide bonds. The number of aryl methyl sites for hydroxylation is 2. The summed E-state index contributed by atoms with van der Waals surface area (Å²) >= 11 is 8.81. The van der Waals surface area contributed by atoms with E-state index in [1.54, 1.807) is 12.1 Å². The van der Waals surface area contributed by atoms with E-state index >= 15 is 0 Å². The van der Waals surface area contributed by atoms with E-state index in [0.29, 0.717) is 21.6 Å². The number of amides is 1. The number of thiazole rings is 1. The molecule has 0 fully saturated rings. The van der Waals surface area contributed by atoms with Crippen LogP contribution >= 0.6 is 34.7 Å². The average molecular weight is 483 g/mol. The molecular formula is C23H19ClN4O2S2. The molecule has 0 aliphatic carbocycles. The third-order valence-electron chi connectivity index (χ3n) is 4.51. The monoisotopic (exact) mass is 482 g/mol. The van der Waals surface area contributed by atoms with Gasteiger partial charge in [-0.05, 0) is 31.5 Å². The highest BCUT2D eigenvalue weighted by Gasteiger charge is 2.15. The average Bonchev–Trinajstić information content (AvgIpc) is 3.16.